The van der Waals surface area contributed by atoms with Crippen molar-refractivity contribution in [3.05, 3.63) is 28.8 Å². The molecule has 1 atom stereocenters. The van der Waals surface area contributed by atoms with Crippen molar-refractivity contribution in [1.82, 2.24) is 5.32 Å². The molecule has 0 aliphatic carbocycles. The second-order valence-corrected chi connectivity index (χ2v) is 3.68. The molecular formula is C10H9ClN2O2. The number of aldehydes is 1. The summed E-state index contributed by atoms with van der Waals surface area (Å²) in [5.74, 6) is -0.472. The first-order valence-corrected chi connectivity index (χ1v) is 4.86. The minimum absolute atomic E-state index is 0.335. The zero-order chi connectivity index (χ0) is 10.8. The van der Waals surface area contributed by atoms with Crippen LogP contribution in [-0.2, 0) is 9.59 Å². The van der Waals surface area contributed by atoms with Crippen molar-refractivity contribution in [1.29, 1.82) is 0 Å². The van der Waals surface area contributed by atoms with Crippen LogP contribution >= 0.6 is 11.6 Å². The van der Waals surface area contributed by atoms with Crippen LogP contribution in [0.3, 0.4) is 0 Å². The Labute approximate surface area is 91.6 Å². The standard InChI is InChI=1S/C10H9ClN2O2/c11-6-1-2-7-8(3-6)12-5-13-10(7)9(15)4-14/h1-4,10,12-13H,5H2. The van der Waals surface area contributed by atoms with Crippen LogP contribution in [0.4, 0.5) is 5.69 Å². The summed E-state index contributed by atoms with van der Waals surface area (Å²) in [5.41, 5.74) is 1.55. The molecular weight excluding hydrogens is 216 g/mol. The van der Waals surface area contributed by atoms with E-state index in [1.807, 2.05) is 0 Å². The van der Waals surface area contributed by atoms with E-state index in [4.69, 9.17) is 11.6 Å². The van der Waals surface area contributed by atoms with E-state index in [0.29, 0.717) is 18.0 Å². The number of halogens is 1. The highest BCUT2D eigenvalue weighted by atomic mass is 35.5. The minimum atomic E-state index is -0.559. The summed E-state index contributed by atoms with van der Waals surface area (Å²) in [6, 6.07) is 4.61. The number of hydrogen-bond donors (Lipinski definition) is 2. The molecule has 0 bridgehead atoms. The van der Waals surface area contributed by atoms with Gasteiger partial charge in [0.05, 0.1) is 6.67 Å². The van der Waals surface area contributed by atoms with Crippen LogP contribution in [0.2, 0.25) is 5.02 Å². The number of ketones is 1. The van der Waals surface area contributed by atoms with Crippen LogP contribution in [-0.4, -0.2) is 18.7 Å². The molecule has 1 heterocycles. The maximum Gasteiger partial charge on any atom is 0.216 e. The summed E-state index contributed by atoms with van der Waals surface area (Å²) in [5, 5.41) is 6.56. The molecule has 0 saturated carbocycles. The average Bonchev–Trinajstić information content (AvgIpc) is 2.26. The van der Waals surface area contributed by atoms with Crippen molar-refractivity contribution >= 4 is 29.4 Å². The predicted octanol–water partition coefficient (Wildman–Crippen LogP) is 1.12. The Bertz CT molecular complexity index is 420. The Morgan fingerprint density at radius 3 is 3.07 bits per heavy atom. The van der Waals surface area contributed by atoms with Gasteiger partial charge in [-0.2, -0.15) is 0 Å². The summed E-state index contributed by atoms with van der Waals surface area (Å²) in [4.78, 5) is 21.8. The molecule has 5 heteroatoms. The molecule has 1 aliphatic heterocycles. The van der Waals surface area contributed by atoms with E-state index in [2.05, 4.69) is 10.6 Å². The molecule has 0 radical (unpaired) electrons. The van der Waals surface area contributed by atoms with E-state index in [1.54, 1.807) is 18.2 Å². The molecule has 0 fully saturated rings. The van der Waals surface area contributed by atoms with E-state index < -0.39 is 11.8 Å². The van der Waals surface area contributed by atoms with Gasteiger partial charge in [-0.3, -0.25) is 14.9 Å². The topological polar surface area (TPSA) is 58.2 Å². The quantitative estimate of drug-likeness (QED) is 0.584. The fourth-order valence-electron chi connectivity index (χ4n) is 1.61. The van der Waals surface area contributed by atoms with Crippen LogP contribution in [0.1, 0.15) is 11.6 Å². The number of carbonyl (C=O) groups excluding carboxylic acids is 2. The smallest absolute Gasteiger partial charge is 0.216 e. The summed E-state index contributed by atoms with van der Waals surface area (Å²) in [6.07, 6.45) is 0.335. The molecule has 1 aromatic rings. The lowest BCUT2D eigenvalue weighted by Gasteiger charge is -2.25. The van der Waals surface area contributed by atoms with Crippen molar-refractivity contribution in [2.75, 3.05) is 12.0 Å². The van der Waals surface area contributed by atoms with Crippen LogP contribution in [0.5, 0.6) is 0 Å². The Morgan fingerprint density at radius 2 is 2.33 bits per heavy atom. The fourth-order valence-corrected chi connectivity index (χ4v) is 1.79. The number of rotatable bonds is 2. The third-order valence-corrected chi connectivity index (χ3v) is 2.55. The molecule has 0 aromatic heterocycles. The molecule has 2 rings (SSSR count). The van der Waals surface area contributed by atoms with Gasteiger partial charge >= 0.3 is 0 Å². The third-order valence-electron chi connectivity index (χ3n) is 2.31. The summed E-state index contributed by atoms with van der Waals surface area (Å²) in [6.45, 7) is 0.442. The van der Waals surface area contributed by atoms with Crippen molar-refractivity contribution in [2.24, 2.45) is 0 Å². The van der Waals surface area contributed by atoms with E-state index in [9.17, 15) is 9.59 Å². The number of nitrogens with one attached hydrogen (secondary N) is 2. The maximum absolute atomic E-state index is 11.3. The molecule has 4 nitrogen and oxygen atoms in total. The number of benzene rings is 1. The van der Waals surface area contributed by atoms with Gasteiger partial charge in [-0.1, -0.05) is 17.7 Å². The Morgan fingerprint density at radius 1 is 1.53 bits per heavy atom. The number of carbonyl (C=O) groups is 2. The first kappa shape index (κ1) is 10.1. The van der Waals surface area contributed by atoms with Gasteiger partial charge in [0.15, 0.2) is 6.29 Å². The molecule has 2 N–H and O–H groups in total. The van der Waals surface area contributed by atoms with Crippen molar-refractivity contribution < 1.29 is 9.59 Å². The van der Waals surface area contributed by atoms with E-state index >= 15 is 0 Å². The number of hydrogen-bond acceptors (Lipinski definition) is 4. The average molecular weight is 225 g/mol. The van der Waals surface area contributed by atoms with E-state index in [1.165, 1.54) is 0 Å². The molecule has 1 aromatic carbocycles. The molecule has 1 aliphatic rings. The van der Waals surface area contributed by atoms with Crippen LogP contribution in [0.25, 0.3) is 0 Å². The van der Waals surface area contributed by atoms with Gasteiger partial charge in [0, 0.05) is 16.3 Å². The summed E-state index contributed by atoms with van der Waals surface area (Å²) >= 11 is 5.82. The SMILES string of the molecule is O=CC(=O)C1NCNc2cc(Cl)ccc21. The van der Waals surface area contributed by atoms with Crippen LogP contribution < -0.4 is 10.6 Å². The second-order valence-electron chi connectivity index (χ2n) is 3.24. The molecule has 1 unspecified atom stereocenters. The number of fused-ring (bicyclic) bond motifs is 1. The minimum Gasteiger partial charge on any atom is -0.372 e. The normalized spacial score (nSPS) is 18.9. The lowest BCUT2D eigenvalue weighted by molar-refractivity contribution is -0.131. The maximum atomic E-state index is 11.3. The van der Waals surface area contributed by atoms with Gasteiger partial charge in [0.1, 0.15) is 6.04 Å². The highest BCUT2D eigenvalue weighted by Gasteiger charge is 2.25. The number of Topliss-reactive ketones (excluding diaryl/α,β-unsaturated/α-hetero) is 1. The molecule has 15 heavy (non-hydrogen) atoms. The number of anilines is 1. The molecule has 0 saturated heterocycles. The van der Waals surface area contributed by atoms with Gasteiger partial charge in [0.25, 0.3) is 0 Å². The fraction of sp³-hybridized carbons (Fsp3) is 0.200. The van der Waals surface area contributed by atoms with Gasteiger partial charge in [-0.05, 0) is 12.1 Å². The van der Waals surface area contributed by atoms with Gasteiger partial charge in [-0.25, -0.2) is 0 Å². The second kappa shape index (κ2) is 4.00. The summed E-state index contributed by atoms with van der Waals surface area (Å²) < 4.78 is 0. The Kier molecular flexibility index (Phi) is 2.70. The summed E-state index contributed by atoms with van der Waals surface area (Å²) in [7, 11) is 0. The zero-order valence-electron chi connectivity index (χ0n) is 7.79. The lowest BCUT2D eigenvalue weighted by Crippen LogP contribution is -2.37. The molecule has 0 spiro atoms. The zero-order valence-corrected chi connectivity index (χ0v) is 8.54. The largest absolute Gasteiger partial charge is 0.372 e. The first-order chi connectivity index (χ1) is 7.22. The van der Waals surface area contributed by atoms with Gasteiger partial charge in [-0.15, -0.1) is 0 Å². The highest BCUT2D eigenvalue weighted by Crippen LogP contribution is 2.29. The highest BCUT2D eigenvalue weighted by molar-refractivity contribution is 6.31. The Hall–Kier alpha value is -1.39. The van der Waals surface area contributed by atoms with Crippen molar-refractivity contribution in [3.8, 4) is 0 Å². The monoisotopic (exact) mass is 224 g/mol. The molecule has 0 amide bonds. The van der Waals surface area contributed by atoms with E-state index in [0.717, 1.165) is 11.3 Å². The molecule has 78 valence electrons. The van der Waals surface area contributed by atoms with Crippen molar-refractivity contribution in [2.45, 2.75) is 6.04 Å². The van der Waals surface area contributed by atoms with Gasteiger partial charge in [0.2, 0.25) is 5.78 Å². The lowest BCUT2D eigenvalue weighted by atomic mass is 10.00. The van der Waals surface area contributed by atoms with Crippen molar-refractivity contribution in [3.63, 3.8) is 0 Å². The third kappa shape index (κ3) is 1.86. The first-order valence-electron chi connectivity index (χ1n) is 4.48. The predicted molar refractivity (Wildman–Crippen MR) is 56.9 cm³/mol. The van der Waals surface area contributed by atoms with E-state index in [-0.39, 0.29) is 0 Å². The van der Waals surface area contributed by atoms with Crippen LogP contribution in [0, 0.1) is 0 Å². The Balaban J connectivity index is 2.42. The van der Waals surface area contributed by atoms with Gasteiger partial charge < -0.3 is 5.32 Å². The van der Waals surface area contributed by atoms with Crippen LogP contribution in [0.15, 0.2) is 18.2 Å².